The number of hydrogen-bond acceptors (Lipinski definition) is 2. The molecule has 1 fully saturated rings. The van der Waals surface area contributed by atoms with Crippen molar-refractivity contribution < 1.29 is 4.39 Å². The molecule has 0 atom stereocenters. The average molecular weight is 264 g/mol. The Morgan fingerprint density at radius 3 is 2.63 bits per heavy atom. The first-order chi connectivity index (χ1) is 8.90. The third-order valence-electron chi connectivity index (χ3n) is 3.92. The molecule has 0 saturated carbocycles. The zero-order valence-corrected chi connectivity index (χ0v) is 12.5. The minimum atomic E-state index is -0.0990. The molecule has 1 saturated heterocycles. The van der Waals surface area contributed by atoms with Gasteiger partial charge < -0.3 is 10.2 Å². The molecule has 0 spiro atoms. The Balaban J connectivity index is 2.15. The van der Waals surface area contributed by atoms with E-state index in [2.05, 4.69) is 37.9 Å². The molecule has 0 aromatic heterocycles. The lowest BCUT2D eigenvalue weighted by atomic mass is 10.0. The van der Waals surface area contributed by atoms with Crippen molar-refractivity contribution >= 4 is 5.69 Å². The number of halogens is 1. The summed E-state index contributed by atoms with van der Waals surface area (Å²) in [5, 5.41) is 3.31. The van der Waals surface area contributed by atoms with Gasteiger partial charge in [-0.2, -0.15) is 0 Å². The first-order valence-electron chi connectivity index (χ1n) is 7.19. The van der Waals surface area contributed by atoms with E-state index < -0.39 is 0 Å². The molecule has 0 amide bonds. The number of rotatable bonds is 4. The van der Waals surface area contributed by atoms with Crippen LogP contribution in [-0.4, -0.2) is 18.1 Å². The van der Waals surface area contributed by atoms with Gasteiger partial charge in [0, 0.05) is 24.7 Å². The van der Waals surface area contributed by atoms with Crippen molar-refractivity contribution in [3.63, 3.8) is 0 Å². The molecule has 0 radical (unpaired) electrons. The topological polar surface area (TPSA) is 15.3 Å². The number of hydrogen-bond donors (Lipinski definition) is 1. The van der Waals surface area contributed by atoms with Crippen LogP contribution in [0.15, 0.2) is 18.2 Å². The van der Waals surface area contributed by atoms with Gasteiger partial charge in [-0.25, -0.2) is 4.39 Å². The SMILES string of the molecule is CC(C)NCc1ccc(N2CCCC2(C)C)c(F)c1. The van der Waals surface area contributed by atoms with Crippen LogP contribution in [0.4, 0.5) is 10.1 Å². The van der Waals surface area contributed by atoms with Crippen molar-refractivity contribution in [2.45, 2.75) is 58.7 Å². The van der Waals surface area contributed by atoms with Crippen molar-refractivity contribution in [2.75, 3.05) is 11.4 Å². The lowest BCUT2D eigenvalue weighted by molar-refractivity contribution is 0.506. The zero-order valence-electron chi connectivity index (χ0n) is 12.5. The van der Waals surface area contributed by atoms with Gasteiger partial charge >= 0.3 is 0 Å². The lowest BCUT2D eigenvalue weighted by Gasteiger charge is -2.34. The van der Waals surface area contributed by atoms with Crippen molar-refractivity contribution in [2.24, 2.45) is 0 Å². The molecule has 1 aromatic rings. The Bertz CT molecular complexity index is 440. The molecule has 106 valence electrons. The highest BCUT2D eigenvalue weighted by atomic mass is 19.1. The second-order valence-corrected chi connectivity index (χ2v) is 6.39. The molecule has 0 aliphatic carbocycles. The van der Waals surface area contributed by atoms with Crippen LogP contribution in [0.2, 0.25) is 0 Å². The summed E-state index contributed by atoms with van der Waals surface area (Å²) in [6.07, 6.45) is 2.27. The van der Waals surface area contributed by atoms with E-state index in [4.69, 9.17) is 0 Å². The fourth-order valence-electron chi connectivity index (χ4n) is 2.76. The van der Waals surface area contributed by atoms with Crippen LogP contribution >= 0.6 is 0 Å². The van der Waals surface area contributed by atoms with Gasteiger partial charge in [0.05, 0.1) is 5.69 Å². The molecule has 3 heteroatoms. The normalized spacial score (nSPS) is 18.3. The summed E-state index contributed by atoms with van der Waals surface area (Å²) < 4.78 is 14.3. The average Bonchev–Trinajstić information content (AvgIpc) is 2.66. The van der Waals surface area contributed by atoms with Crippen molar-refractivity contribution in [1.82, 2.24) is 5.32 Å². The van der Waals surface area contributed by atoms with Crippen LogP contribution < -0.4 is 10.2 Å². The minimum Gasteiger partial charge on any atom is -0.364 e. The molecule has 1 aliphatic rings. The number of nitrogens with zero attached hydrogens (tertiary/aromatic N) is 1. The summed E-state index contributed by atoms with van der Waals surface area (Å²) in [4.78, 5) is 2.20. The largest absolute Gasteiger partial charge is 0.364 e. The molecular formula is C16H25FN2. The second kappa shape index (κ2) is 5.49. The number of nitrogens with one attached hydrogen (secondary N) is 1. The molecule has 0 unspecified atom stereocenters. The summed E-state index contributed by atoms with van der Waals surface area (Å²) in [5.74, 6) is -0.0990. The molecule has 2 rings (SSSR count). The van der Waals surface area contributed by atoms with E-state index in [1.54, 1.807) is 6.07 Å². The van der Waals surface area contributed by atoms with Crippen LogP contribution in [0.3, 0.4) is 0 Å². The maximum absolute atomic E-state index is 14.3. The molecule has 2 nitrogen and oxygen atoms in total. The summed E-state index contributed by atoms with van der Waals surface area (Å²) in [6, 6.07) is 6.04. The smallest absolute Gasteiger partial charge is 0.146 e. The van der Waals surface area contributed by atoms with Crippen LogP contribution in [0.1, 0.15) is 46.1 Å². The highest BCUT2D eigenvalue weighted by Gasteiger charge is 2.33. The third-order valence-corrected chi connectivity index (χ3v) is 3.92. The van der Waals surface area contributed by atoms with Crippen molar-refractivity contribution in [1.29, 1.82) is 0 Å². The summed E-state index contributed by atoms with van der Waals surface area (Å²) in [5.41, 5.74) is 1.82. The maximum atomic E-state index is 14.3. The molecule has 0 bridgehead atoms. The predicted octanol–water partition coefficient (Wildman–Crippen LogP) is 3.70. The van der Waals surface area contributed by atoms with Crippen molar-refractivity contribution in [3.05, 3.63) is 29.6 Å². The highest BCUT2D eigenvalue weighted by Crippen LogP contribution is 2.35. The van der Waals surface area contributed by atoms with E-state index in [0.717, 1.165) is 37.2 Å². The first kappa shape index (κ1) is 14.3. The summed E-state index contributed by atoms with van der Waals surface area (Å²) in [7, 11) is 0. The van der Waals surface area contributed by atoms with E-state index >= 15 is 0 Å². The van der Waals surface area contributed by atoms with E-state index in [0.29, 0.717) is 6.04 Å². The summed E-state index contributed by atoms with van der Waals surface area (Å²) >= 11 is 0. The van der Waals surface area contributed by atoms with Gasteiger partial charge in [-0.1, -0.05) is 19.9 Å². The molecular weight excluding hydrogens is 239 g/mol. The van der Waals surface area contributed by atoms with E-state index in [1.807, 2.05) is 12.1 Å². The van der Waals surface area contributed by atoms with Gasteiger partial charge in [-0.15, -0.1) is 0 Å². The number of benzene rings is 1. The Kier molecular flexibility index (Phi) is 4.14. The second-order valence-electron chi connectivity index (χ2n) is 6.39. The first-order valence-corrected chi connectivity index (χ1v) is 7.19. The van der Waals surface area contributed by atoms with Gasteiger partial charge in [0.15, 0.2) is 0 Å². The Morgan fingerprint density at radius 2 is 2.11 bits per heavy atom. The fraction of sp³-hybridized carbons (Fsp3) is 0.625. The van der Waals surface area contributed by atoms with E-state index in [1.165, 1.54) is 0 Å². The van der Waals surface area contributed by atoms with E-state index in [-0.39, 0.29) is 11.4 Å². The Hall–Kier alpha value is -1.09. The zero-order chi connectivity index (χ0) is 14.0. The van der Waals surface area contributed by atoms with Crippen LogP contribution in [0.5, 0.6) is 0 Å². The fourth-order valence-corrected chi connectivity index (χ4v) is 2.76. The molecule has 1 aliphatic heterocycles. The van der Waals surface area contributed by atoms with Gasteiger partial charge in [0.1, 0.15) is 5.82 Å². The number of anilines is 1. The Morgan fingerprint density at radius 1 is 1.37 bits per heavy atom. The minimum absolute atomic E-state index is 0.0680. The van der Waals surface area contributed by atoms with Gasteiger partial charge in [0.25, 0.3) is 0 Å². The third kappa shape index (κ3) is 3.27. The van der Waals surface area contributed by atoms with Gasteiger partial charge in [0.2, 0.25) is 0 Å². The van der Waals surface area contributed by atoms with Crippen LogP contribution in [0, 0.1) is 5.82 Å². The van der Waals surface area contributed by atoms with Gasteiger partial charge in [-0.05, 0) is 44.4 Å². The van der Waals surface area contributed by atoms with Crippen molar-refractivity contribution in [3.8, 4) is 0 Å². The van der Waals surface area contributed by atoms with Gasteiger partial charge in [-0.3, -0.25) is 0 Å². The molecule has 19 heavy (non-hydrogen) atoms. The monoisotopic (exact) mass is 264 g/mol. The quantitative estimate of drug-likeness (QED) is 0.892. The van der Waals surface area contributed by atoms with Crippen LogP contribution in [-0.2, 0) is 6.54 Å². The molecule has 1 N–H and O–H groups in total. The van der Waals surface area contributed by atoms with E-state index in [9.17, 15) is 4.39 Å². The Labute approximate surface area is 116 Å². The lowest BCUT2D eigenvalue weighted by Crippen LogP contribution is -2.38. The predicted molar refractivity (Wildman–Crippen MR) is 79.0 cm³/mol. The standard InChI is InChI=1S/C16H25FN2/c1-12(2)18-11-13-6-7-15(14(17)10-13)19-9-5-8-16(19,3)4/h6-7,10,12,18H,5,8-9,11H2,1-4H3. The highest BCUT2D eigenvalue weighted by molar-refractivity contribution is 5.52. The van der Waals surface area contributed by atoms with Crippen LogP contribution in [0.25, 0.3) is 0 Å². The molecule has 1 aromatic carbocycles. The maximum Gasteiger partial charge on any atom is 0.146 e. The summed E-state index contributed by atoms with van der Waals surface area (Å²) in [6.45, 7) is 10.2. The molecule has 1 heterocycles.